The van der Waals surface area contributed by atoms with Crippen molar-refractivity contribution in [1.29, 1.82) is 0 Å². The summed E-state index contributed by atoms with van der Waals surface area (Å²) in [4.78, 5) is 0. The van der Waals surface area contributed by atoms with Crippen LogP contribution in [0, 0.1) is 35.2 Å². The molecule has 3 heteroatoms. The number of benzene rings is 3. The third-order valence-electron chi connectivity index (χ3n) is 11.5. The zero-order chi connectivity index (χ0) is 33.7. The molecule has 0 heterocycles. The van der Waals surface area contributed by atoms with Gasteiger partial charge in [0.25, 0.3) is 0 Å². The summed E-state index contributed by atoms with van der Waals surface area (Å²) in [5.41, 5.74) is 4.81. The molecule has 3 aromatic carbocycles. The number of unbranched alkanes of at least 4 members (excludes halogenated alkanes) is 9. The first-order valence-electron chi connectivity index (χ1n) is 19.5. The molecule has 0 amide bonds. The van der Waals surface area contributed by atoms with Crippen LogP contribution in [0.3, 0.4) is 0 Å². The summed E-state index contributed by atoms with van der Waals surface area (Å²) in [5, 5.41) is 0. The molecule has 2 aliphatic rings. The fourth-order valence-electron chi connectivity index (χ4n) is 8.41. The van der Waals surface area contributed by atoms with Crippen LogP contribution in [-0.4, -0.2) is 0 Å². The van der Waals surface area contributed by atoms with E-state index in [1.54, 1.807) is 30.3 Å². The highest BCUT2D eigenvalue weighted by Crippen LogP contribution is 2.42. The van der Waals surface area contributed by atoms with E-state index < -0.39 is 11.6 Å². The van der Waals surface area contributed by atoms with Crippen molar-refractivity contribution < 1.29 is 13.2 Å². The average molecular weight is 657 g/mol. The van der Waals surface area contributed by atoms with Crippen molar-refractivity contribution >= 4 is 5.57 Å². The minimum absolute atomic E-state index is 0.243. The van der Waals surface area contributed by atoms with Gasteiger partial charge in [0.1, 0.15) is 5.82 Å². The molecule has 0 aromatic heterocycles. The van der Waals surface area contributed by atoms with Gasteiger partial charge in [0.2, 0.25) is 0 Å². The molecule has 1 fully saturated rings. The average Bonchev–Trinajstić information content (AvgIpc) is 3.12. The quantitative estimate of drug-likeness (QED) is 0.127. The number of hydrogen-bond acceptors (Lipinski definition) is 0. The second-order valence-electron chi connectivity index (χ2n) is 14.9. The Morgan fingerprint density at radius 3 is 1.81 bits per heavy atom. The fraction of sp³-hybridized carbons (Fsp3) is 0.556. The highest BCUT2D eigenvalue weighted by molar-refractivity contribution is 5.74. The van der Waals surface area contributed by atoms with Crippen molar-refractivity contribution in [3.8, 4) is 22.3 Å². The van der Waals surface area contributed by atoms with Crippen LogP contribution >= 0.6 is 0 Å². The Morgan fingerprint density at radius 2 is 1.17 bits per heavy atom. The molecule has 0 aliphatic heterocycles. The van der Waals surface area contributed by atoms with E-state index in [0.717, 1.165) is 61.0 Å². The van der Waals surface area contributed by atoms with E-state index in [1.807, 2.05) is 24.3 Å². The predicted octanol–water partition coefficient (Wildman–Crippen LogP) is 14.7. The van der Waals surface area contributed by atoms with Crippen LogP contribution in [0.25, 0.3) is 27.8 Å². The summed E-state index contributed by atoms with van der Waals surface area (Å²) in [6, 6.07) is 16.1. The van der Waals surface area contributed by atoms with Gasteiger partial charge in [-0.3, -0.25) is 0 Å². The standard InChI is InChI=1S/C45H59F3/c1-3-5-7-8-9-10-11-13-15-39-28-31-42(45(48)44(39)47)38-26-24-37(25-27-38)41-30-29-40(32-43(41)46)36-22-20-35(21-23-36)34-18-16-33(17-19-34)14-12-6-4-2/h22,24-35H,3-21,23H2,1-2H3. The van der Waals surface area contributed by atoms with Gasteiger partial charge in [-0.2, -0.15) is 0 Å². The van der Waals surface area contributed by atoms with Crippen LogP contribution in [0.1, 0.15) is 147 Å². The third-order valence-corrected chi connectivity index (χ3v) is 11.5. The van der Waals surface area contributed by atoms with Crippen LogP contribution in [0.4, 0.5) is 13.2 Å². The Balaban J connectivity index is 1.13. The predicted molar refractivity (Wildman–Crippen MR) is 198 cm³/mol. The smallest absolute Gasteiger partial charge is 0.166 e. The van der Waals surface area contributed by atoms with Gasteiger partial charge in [-0.25, -0.2) is 13.2 Å². The van der Waals surface area contributed by atoms with Gasteiger partial charge in [0, 0.05) is 11.1 Å². The van der Waals surface area contributed by atoms with E-state index in [0.29, 0.717) is 23.1 Å². The van der Waals surface area contributed by atoms with Crippen molar-refractivity contribution in [2.24, 2.45) is 17.8 Å². The lowest BCUT2D eigenvalue weighted by atomic mass is 9.70. The lowest BCUT2D eigenvalue weighted by Gasteiger charge is -2.35. The third kappa shape index (κ3) is 9.88. The summed E-state index contributed by atoms with van der Waals surface area (Å²) in [7, 11) is 0. The maximum absolute atomic E-state index is 15.5. The summed E-state index contributed by atoms with van der Waals surface area (Å²) < 4.78 is 45.6. The van der Waals surface area contributed by atoms with Gasteiger partial charge in [0.05, 0.1) is 0 Å². The molecule has 1 unspecified atom stereocenters. The summed E-state index contributed by atoms with van der Waals surface area (Å²) in [6.07, 6.45) is 26.8. The van der Waals surface area contributed by atoms with Crippen LogP contribution in [0.5, 0.6) is 0 Å². The largest absolute Gasteiger partial charge is 0.206 e. The second-order valence-corrected chi connectivity index (χ2v) is 14.9. The lowest BCUT2D eigenvalue weighted by Crippen LogP contribution is -2.23. The van der Waals surface area contributed by atoms with E-state index in [4.69, 9.17) is 0 Å². The highest BCUT2D eigenvalue weighted by atomic mass is 19.2. The Kier molecular flexibility index (Phi) is 14.3. The number of hydrogen-bond donors (Lipinski definition) is 0. The van der Waals surface area contributed by atoms with Gasteiger partial charge in [0.15, 0.2) is 11.6 Å². The topological polar surface area (TPSA) is 0 Å². The normalized spacial score (nSPS) is 19.8. The molecule has 3 aromatic rings. The molecule has 0 saturated heterocycles. The van der Waals surface area contributed by atoms with Gasteiger partial charge in [-0.15, -0.1) is 0 Å². The molecule has 1 atom stereocenters. The van der Waals surface area contributed by atoms with E-state index in [-0.39, 0.29) is 11.4 Å². The van der Waals surface area contributed by atoms with E-state index >= 15 is 8.78 Å². The van der Waals surface area contributed by atoms with E-state index in [1.165, 1.54) is 95.5 Å². The first-order chi connectivity index (χ1) is 23.5. The molecule has 5 rings (SSSR count). The number of allylic oxidation sites excluding steroid dienone is 2. The SMILES string of the molecule is CCCCCCCCCCc1ccc(-c2ccc(-c3ccc(C4=CCC(C5CCC(CCCCC)CC5)CC4)cc3F)cc2)c(F)c1F. The minimum atomic E-state index is -0.798. The zero-order valence-corrected chi connectivity index (χ0v) is 29.8. The van der Waals surface area contributed by atoms with E-state index in [2.05, 4.69) is 19.9 Å². The molecule has 2 aliphatic carbocycles. The molecule has 0 spiro atoms. The molecule has 48 heavy (non-hydrogen) atoms. The summed E-state index contributed by atoms with van der Waals surface area (Å²) in [5.74, 6) is 0.799. The zero-order valence-electron chi connectivity index (χ0n) is 29.8. The molecular formula is C45H59F3. The second kappa shape index (κ2) is 18.8. The molecule has 260 valence electrons. The van der Waals surface area contributed by atoms with Crippen molar-refractivity contribution in [1.82, 2.24) is 0 Å². The first-order valence-corrected chi connectivity index (χ1v) is 19.5. The van der Waals surface area contributed by atoms with Crippen molar-refractivity contribution in [2.45, 2.75) is 142 Å². The van der Waals surface area contributed by atoms with Gasteiger partial charge in [-0.1, -0.05) is 152 Å². The Morgan fingerprint density at radius 1 is 0.562 bits per heavy atom. The number of rotatable bonds is 17. The molecule has 1 saturated carbocycles. The van der Waals surface area contributed by atoms with Crippen LogP contribution in [0.15, 0.2) is 60.7 Å². The summed E-state index contributed by atoms with van der Waals surface area (Å²) in [6.45, 7) is 4.51. The maximum Gasteiger partial charge on any atom is 0.166 e. The van der Waals surface area contributed by atoms with Gasteiger partial charge in [-0.05, 0) is 96.6 Å². The molecule has 0 radical (unpaired) electrons. The minimum Gasteiger partial charge on any atom is -0.206 e. The van der Waals surface area contributed by atoms with Crippen molar-refractivity contribution in [2.75, 3.05) is 0 Å². The Hall–Kier alpha value is -2.81. The Labute approximate surface area is 289 Å². The maximum atomic E-state index is 15.5. The highest BCUT2D eigenvalue weighted by Gasteiger charge is 2.29. The molecule has 0 nitrogen and oxygen atoms in total. The number of halogens is 3. The lowest BCUT2D eigenvalue weighted by molar-refractivity contribution is 0.187. The van der Waals surface area contributed by atoms with Crippen LogP contribution in [0.2, 0.25) is 0 Å². The molecule has 0 bridgehead atoms. The van der Waals surface area contributed by atoms with Crippen molar-refractivity contribution in [3.63, 3.8) is 0 Å². The first kappa shape index (κ1) is 36.5. The van der Waals surface area contributed by atoms with Crippen LogP contribution < -0.4 is 0 Å². The molecule has 0 N–H and O–H groups in total. The summed E-state index contributed by atoms with van der Waals surface area (Å²) >= 11 is 0. The van der Waals surface area contributed by atoms with Gasteiger partial charge >= 0.3 is 0 Å². The Bertz CT molecular complexity index is 1440. The fourth-order valence-corrected chi connectivity index (χ4v) is 8.41. The van der Waals surface area contributed by atoms with E-state index in [9.17, 15) is 4.39 Å². The van der Waals surface area contributed by atoms with Crippen LogP contribution in [-0.2, 0) is 6.42 Å². The monoisotopic (exact) mass is 656 g/mol. The number of aryl methyl sites for hydroxylation is 1. The van der Waals surface area contributed by atoms with Gasteiger partial charge < -0.3 is 0 Å². The van der Waals surface area contributed by atoms with Crippen molar-refractivity contribution in [3.05, 3.63) is 89.3 Å². The molecular weight excluding hydrogens is 597 g/mol.